The third-order valence-corrected chi connectivity index (χ3v) is 7.68. The minimum absolute atomic E-state index is 0.0784. The van der Waals surface area contributed by atoms with Crippen LogP contribution in [0.15, 0.2) is 36.4 Å². The monoisotopic (exact) mass is 520 g/mol. The molecule has 0 saturated carbocycles. The minimum Gasteiger partial charge on any atom is -0.303 e. The molecule has 2 aliphatic rings. The molecule has 0 aromatic heterocycles. The van der Waals surface area contributed by atoms with E-state index in [0.717, 1.165) is 17.7 Å². The number of Topliss-reactive ketones (excluding diaryl/α,β-unsaturated/α-hetero) is 1. The summed E-state index contributed by atoms with van der Waals surface area (Å²) < 4.78 is 14.9. The summed E-state index contributed by atoms with van der Waals surface area (Å²) in [6.07, 6.45) is 1.66. The molecule has 4 rings (SSSR count). The number of fused-ring (bicyclic) bond motifs is 1. The first kappa shape index (κ1) is 21.1. The normalized spacial score (nSPS) is 23.6. The van der Waals surface area contributed by atoms with Gasteiger partial charge in [-0.3, -0.25) is 19.3 Å². The molecule has 0 unspecified atom stereocenters. The number of halogens is 2. The van der Waals surface area contributed by atoms with Gasteiger partial charge in [0, 0.05) is 9.13 Å². The Morgan fingerprint density at radius 2 is 1.87 bits per heavy atom. The molecule has 2 aliphatic heterocycles. The van der Waals surface area contributed by atoms with E-state index in [1.807, 2.05) is 6.92 Å². The molecule has 2 amide bonds. The number of carbonyl (C=O) groups excluding carboxylic acids is 3. The van der Waals surface area contributed by atoms with E-state index in [-0.39, 0.29) is 23.8 Å². The quantitative estimate of drug-likeness (QED) is 0.377. The molecule has 0 aliphatic carbocycles. The van der Waals surface area contributed by atoms with Crippen molar-refractivity contribution in [3.8, 4) is 0 Å². The molecule has 1 fully saturated rings. The summed E-state index contributed by atoms with van der Waals surface area (Å²) in [5.41, 5.74) is 0.505. The summed E-state index contributed by atoms with van der Waals surface area (Å²) in [7, 11) is 0. The summed E-state index contributed by atoms with van der Waals surface area (Å²) in [6.45, 7) is 4.21. The lowest BCUT2D eigenvalue weighted by atomic mass is 9.73. The summed E-state index contributed by atoms with van der Waals surface area (Å²) in [6, 6.07) is 9.33. The highest BCUT2D eigenvalue weighted by Crippen LogP contribution is 2.35. The van der Waals surface area contributed by atoms with Crippen LogP contribution in [0.4, 0.5) is 4.39 Å². The van der Waals surface area contributed by atoms with E-state index < -0.39 is 23.2 Å². The maximum absolute atomic E-state index is 14.2. The third kappa shape index (κ3) is 3.28. The molecule has 1 saturated heterocycles. The van der Waals surface area contributed by atoms with Gasteiger partial charge >= 0.3 is 0 Å². The van der Waals surface area contributed by atoms with Gasteiger partial charge in [0.1, 0.15) is 11.4 Å². The summed E-state index contributed by atoms with van der Waals surface area (Å²) in [4.78, 5) is 40.9. The van der Waals surface area contributed by atoms with E-state index in [0.29, 0.717) is 26.8 Å². The van der Waals surface area contributed by atoms with Crippen molar-refractivity contribution in [1.29, 1.82) is 0 Å². The molecule has 2 atom stereocenters. The summed E-state index contributed by atoms with van der Waals surface area (Å²) in [5, 5.41) is 3.32. The summed E-state index contributed by atoms with van der Waals surface area (Å²) in [5.74, 6) is -1.68. The van der Waals surface area contributed by atoms with E-state index in [2.05, 4.69) is 27.9 Å². The van der Waals surface area contributed by atoms with Gasteiger partial charge in [-0.25, -0.2) is 4.39 Å². The molecule has 1 N–H and O–H groups in total. The van der Waals surface area contributed by atoms with Crippen molar-refractivity contribution in [1.82, 2.24) is 10.2 Å². The van der Waals surface area contributed by atoms with Crippen LogP contribution in [-0.4, -0.2) is 41.1 Å². The van der Waals surface area contributed by atoms with Crippen LogP contribution in [0.2, 0.25) is 0 Å². The highest BCUT2D eigenvalue weighted by molar-refractivity contribution is 14.1. The summed E-state index contributed by atoms with van der Waals surface area (Å²) >= 11 is 2.06. The largest absolute Gasteiger partial charge is 0.303 e. The van der Waals surface area contributed by atoms with Gasteiger partial charge in [0.05, 0.1) is 17.7 Å². The highest BCUT2D eigenvalue weighted by atomic mass is 127. The van der Waals surface area contributed by atoms with Crippen LogP contribution in [0.5, 0.6) is 0 Å². The van der Waals surface area contributed by atoms with Gasteiger partial charge in [-0.2, -0.15) is 0 Å². The molecular formula is C23H22FIN2O3. The topological polar surface area (TPSA) is 66.5 Å². The van der Waals surface area contributed by atoms with Crippen LogP contribution in [0.1, 0.15) is 56.4 Å². The van der Waals surface area contributed by atoms with Crippen molar-refractivity contribution >= 4 is 40.2 Å². The molecule has 5 nitrogen and oxygen atoms in total. The molecule has 0 radical (unpaired) electrons. The Bertz CT molecular complexity index is 1040. The predicted molar refractivity (Wildman–Crippen MR) is 119 cm³/mol. The predicted octanol–water partition coefficient (Wildman–Crippen LogP) is 3.98. The Kier molecular flexibility index (Phi) is 5.52. The van der Waals surface area contributed by atoms with Gasteiger partial charge < -0.3 is 5.32 Å². The zero-order valence-corrected chi connectivity index (χ0v) is 19.0. The first-order chi connectivity index (χ1) is 14.3. The van der Waals surface area contributed by atoms with Crippen LogP contribution in [0.3, 0.4) is 0 Å². The Balaban J connectivity index is 1.78. The molecule has 2 aromatic carbocycles. The number of amides is 2. The smallest absolute Gasteiger partial charge is 0.261 e. The van der Waals surface area contributed by atoms with Crippen LogP contribution in [0, 0.1) is 22.2 Å². The second kappa shape index (κ2) is 7.85. The number of aryl methyl sites for hydroxylation is 1. The van der Waals surface area contributed by atoms with E-state index >= 15 is 0 Å². The minimum atomic E-state index is -1.16. The lowest BCUT2D eigenvalue weighted by Gasteiger charge is -2.44. The second-order valence-corrected chi connectivity index (χ2v) is 9.18. The lowest BCUT2D eigenvalue weighted by Crippen LogP contribution is -2.65. The molecule has 0 spiro atoms. The fraction of sp³-hybridized carbons (Fsp3) is 0.348. The van der Waals surface area contributed by atoms with Gasteiger partial charge in [0.15, 0.2) is 5.78 Å². The van der Waals surface area contributed by atoms with Gasteiger partial charge in [-0.05, 0) is 84.6 Å². The number of carbonyl (C=O) groups is 3. The van der Waals surface area contributed by atoms with Gasteiger partial charge in [0.2, 0.25) is 0 Å². The SMILES string of the molecule is Cc1cc(F)cc(C(=O)[C@]2(CN3C(=O)c4ccccc4C3=O)NCCC[C@H]2C)c1I. The fourth-order valence-electron chi connectivity index (χ4n) is 4.49. The van der Waals surface area contributed by atoms with Crippen molar-refractivity contribution in [3.63, 3.8) is 0 Å². The first-order valence-corrected chi connectivity index (χ1v) is 11.0. The third-order valence-electron chi connectivity index (χ3n) is 6.25. The van der Waals surface area contributed by atoms with E-state index in [4.69, 9.17) is 0 Å². The number of nitrogens with zero attached hydrogens (tertiary/aromatic N) is 1. The van der Waals surface area contributed by atoms with Crippen molar-refractivity contribution in [2.75, 3.05) is 13.1 Å². The van der Waals surface area contributed by atoms with Crippen LogP contribution >= 0.6 is 22.6 Å². The highest BCUT2D eigenvalue weighted by Gasteiger charge is 2.50. The molecule has 156 valence electrons. The number of benzene rings is 2. The fourth-order valence-corrected chi connectivity index (χ4v) is 5.05. The molecule has 30 heavy (non-hydrogen) atoms. The molecule has 2 heterocycles. The zero-order chi connectivity index (χ0) is 21.6. The van der Waals surface area contributed by atoms with Crippen LogP contribution in [-0.2, 0) is 0 Å². The van der Waals surface area contributed by atoms with Crippen molar-refractivity contribution in [3.05, 3.63) is 68.0 Å². The zero-order valence-electron chi connectivity index (χ0n) is 16.8. The molecule has 0 bridgehead atoms. The van der Waals surface area contributed by atoms with Crippen molar-refractivity contribution in [2.45, 2.75) is 32.2 Å². The van der Waals surface area contributed by atoms with E-state index in [9.17, 15) is 18.8 Å². The standard InChI is InChI=1S/C23H22FIN2O3/c1-13-10-15(24)11-18(19(13)25)20(28)23(14(2)6-5-9-26-23)12-27-21(29)16-7-3-4-8-17(16)22(27)30/h3-4,7-8,10-11,14,26H,5-6,9,12H2,1-2H3/t14-,23-/m1/s1. The van der Waals surface area contributed by atoms with Crippen LogP contribution in [0.25, 0.3) is 0 Å². The maximum atomic E-state index is 14.2. The number of piperidine rings is 1. The van der Waals surface area contributed by atoms with Gasteiger partial charge in [-0.15, -0.1) is 0 Å². The molecular weight excluding hydrogens is 498 g/mol. The Labute approximate surface area is 188 Å². The molecule has 7 heteroatoms. The average molecular weight is 520 g/mol. The number of rotatable bonds is 4. The van der Waals surface area contributed by atoms with Gasteiger partial charge in [-0.1, -0.05) is 19.1 Å². The molecule has 2 aromatic rings. The number of nitrogens with one attached hydrogen (secondary N) is 1. The van der Waals surface area contributed by atoms with Crippen LogP contribution < -0.4 is 5.32 Å². The van der Waals surface area contributed by atoms with Crippen molar-refractivity contribution in [2.24, 2.45) is 5.92 Å². The number of imide groups is 1. The van der Waals surface area contributed by atoms with Gasteiger partial charge in [0.25, 0.3) is 11.8 Å². The Hall–Kier alpha value is -2.13. The number of hydrogen-bond acceptors (Lipinski definition) is 4. The average Bonchev–Trinajstić information content (AvgIpc) is 2.97. The Morgan fingerprint density at radius 1 is 1.23 bits per heavy atom. The van der Waals surface area contributed by atoms with E-state index in [1.54, 1.807) is 31.2 Å². The first-order valence-electron chi connectivity index (χ1n) is 9.97. The lowest BCUT2D eigenvalue weighted by molar-refractivity contribution is 0.0484. The maximum Gasteiger partial charge on any atom is 0.261 e. The van der Waals surface area contributed by atoms with E-state index in [1.165, 1.54) is 12.1 Å². The Morgan fingerprint density at radius 3 is 2.47 bits per heavy atom. The number of ketones is 1. The van der Waals surface area contributed by atoms with Crippen molar-refractivity contribution < 1.29 is 18.8 Å². The second-order valence-electron chi connectivity index (χ2n) is 8.10. The number of hydrogen-bond donors (Lipinski definition) is 1.